The molecule has 0 saturated carbocycles. The zero-order valence-electron chi connectivity index (χ0n) is 13.4. The molecular weight excluding hydrogens is 316 g/mol. The van der Waals surface area contributed by atoms with Gasteiger partial charge in [0.1, 0.15) is 29.4 Å². The van der Waals surface area contributed by atoms with Crippen LogP contribution in [-0.4, -0.2) is 32.5 Å². The predicted molar refractivity (Wildman–Crippen MR) is 93.0 cm³/mol. The van der Waals surface area contributed by atoms with Gasteiger partial charge in [-0.3, -0.25) is 9.36 Å². The van der Waals surface area contributed by atoms with Crippen molar-refractivity contribution in [3.8, 4) is 0 Å². The molecule has 2 aliphatic heterocycles. The fourth-order valence-corrected chi connectivity index (χ4v) is 4.93. The van der Waals surface area contributed by atoms with Crippen molar-refractivity contribution in [3.63, 3.8) is 0 Å². The average molecular weight is 330 g/mol. The van der Waals surface area contributed by atoms with Crippen molar-refractivity contribution in [1.82, 2.24) is 9.55 Å². The number of carbonyl (C=O) groups excluding carboxylic acids is 1. The second-order valence-corrected chi connectivity index (χ2v) is 7.07. The lowest BCUT2D eigenvalue weighted by Crippen LogP contribution is -2.41. The molecule has 0 amide bonds. The van der Waals surface area contributed by atoms with Crippen LogP contribution in [-0.2, 0) is 4.79 Å². The minimum absolute atomic E-state index is 0.230. The van der Waals surface area contributed by atoms with Gasteiger partial charge in [-0.1, -0.05) is 11.6 Å². The fourth-order valence-electron chi connectivity index (χ4n) is 4.93. The van der Waals surface area contributed by atoms with Crippen LogP contribution in [0, 0.1) is 5.41 Å². The first-order chi connectivity index (χ1) is 12.2. The number of Topliss-reactive ketones (excluding diaryl/α,β-unsaturated/α-hetero) is 1. The van der Waals surface area contributed by atoms with Crippen LogP contribution in [0.1, 0.15) is 31.5 Å². The molecule has 1 unspecified atom stereocenters. The lowest BCUT2D eigenvalue weighted by atomic mass is 9.59. The molecule has 25 heavy (non-hydrogen) atoms. The van der Waals surface area contributed by atoms with Crippen LogP contribution in [0.5, 0.6) is 0 Å². The Labute approximate surface area is 143 Å². The number of aromatic nitrogens is 2. The molecule has 0 aromatic carbocycles. The van der Waals surface area contributed by atoms with Crippen molar-refractivity contribution in [2.75, 3.05) is 0 Å². The monoisotopic (exact) mass is 330 g/mol. The minimum atomic E-state index is -0.585. The van der Waals surface area contributed by atoms with E-state index in [1.54, 1.807) is 12.5 Å². The summed E-state index contributed by atoms with van der Waals surface area (Å²) in [6.45, 7) is 0. The quantitative estimate of drug-likeness (QED) is 0.794. The molecule has 3 aliphatic carbocycles. The standard InChI is InChI=1S/C19H14N4O2/c24-11-7-10-1-2-13(25)14-15(10)19(8-11)4-3-12-16(22-9-21-12)17(19)23-6-5-20-18(14)23/h3-6,9,25H,1-2,7-8H2. The second kappa shape index (κ2) is 4.14. The summed E-state index contributed by atoms with van der Waals surface area (Å²) in [5, 5.41) is 10.7. The molecule has 6 rings (SSSR count). The molecule has 1 aromatic heterocycles. The second-order valence-electron chi connectivity index (χ2n) is 7.07. The molecule has 0 saturated heterocycles. The Morgan fingerprint density at radius 3 is 3.12 bits per heavy atom. The third kappa shape index (κ3) is 1.42. The first-order valence-electron chi connectivity index (χ1n) is 8.44. The molecule has 3 heterocycles. The number of imidazole rings is 1. The smallest absolute Gasteiger partial charge is 0.148 e. The van der Waals surface area contributed by atoms with Gasteiger partial charge >= 0.3 is 0 Å². The highest BCUT2D eigenvalue weighted by atomic mass is 16.3. The molecule has 1 aromatic rings. The van der Waals surface area contributed by atoms with Crippen molar-refractivity contribution in [2.24, 2.45) is 15.4 Å². The highest BCUT2D eigenvalue weighted by Crippen LogP contribution is 2.61. The number of hydrogen-bond donors (Lipinski definition) is 1. The van der Waals surface area contributed by atoms with Crippen LogP contribution in [0.25, 0.3) is 11.3 Å². The van der Waals surface area contributed by atoms with E-state index < -0.39 is 5.41 Å². The van der Waals surface area contributed by atoms with Gasteiger partial charge in [0.05, 0.1) is 22.4 Å². The van der Waals surface area contributed by atoms with Gasteiger partial charge in [0.25, 0.3) is 0 Å². The third-order valence-corrected chi connectivity index (χ3v) is 5.79. The van der Waals surface area contributed by atoms with Crippen molar-refractivity contribution in [2.45, 2.75) is 25.7 Å². The number of aliphatic hydroxyl groups excluding tert-OH is 1. The molecule has 0 fully saturated rings. The summed E-state index contributed by atoms with van der Waals surface area (Å²) in [6.07, 6.45) is 11.3. The number of allylic oxidation sites excluding steroid dienone is 7. The van der Waals surface area contributed by atoms with Crippen LogP contribution >= 0.6 is 0 Å². The van der Waals surface area contributed by atoms with Crippen LogP contribution in [0.15, 0.2) is 57.1 Å². The molecule has 1 atom stereocenters. The van der Waals surface area contributed by atoms with E-state index in [0.29, 0.717) is 25.0 Å². The zero-order chi connectivity index (χ0) is 16.8. The average Bonchev–Trinajstić information content (AvgIpc) is 3.24. The number of aliphatic imine (C=N–C) groups is 2. The summed E-state index contributed by atoms with van der Waals surface area (Å²) in [5.41, 5.74) is 4.96. The molecule has 5 aliphatic rings. The van der Waals surface area contributed by atoms with E-state index in [2.05, 4.69) is 21.0 Å². The molecule has 1 spiro atoms. The van der Waals surface area contributed by atoms with Crippen LogP contribution in [0.2, 0.25) is 0 Å². The van der Waals surface area contributed by atoms with Crippen molar-refractivity contribution < 1.29 is 9.90 Å². The Kier molecular flexibility index (Phi) is 2.20. The Bertz CT molecular complexity index is 1080. The maximum absolute atomic E-state index is 12.6. The molecule has 6 nitrogen and oxygen atoms in total. The van der Waals surface area contributed by atoms with E-state index in [-0.39, 0.29) is 5.78 Å². The van der Waals surface area contributed by atoms with E-state index in [1.165, 1.54) is 0 Å². The van der Waals surface area contributed by atoms with Gasteiger partial charge < -0.3 is 5.11 Å². The SMILES string of the molecule is O=C1CC2=C3C(=C(O)CC2)c2nccn2C2=C4N=CN=C4C=CC32C1. The van der Waals surface area contributed by atoms with Crippen molar-refractivity contribution in [1.29, 1.82) is 0 Å². The largest absolute Gasteiger partial charge is 0.512 e. The van der Waals surface area contributed by atoms with E-state index in [1.807, 2.05) is 16.8 Å². The highest BCUT2D eigenvalue weighted by Gasteiger charge is 2.53. The molecule has 0 bridgehead atoms. The van der Waals surface area contributed by atoms with Crippen LogP contribution in [0.3, 0.4) is 0 Å². The van der Waals surface area contributed by atoms with Gasteiger partial charge in [0.15, 0.2) is 0 Å². The number of ketones is 1. The van der Waals surface area contributed by atoms with E-state index in [9.17, 15) is 9.90 Å². The number of carbonyl (C=O) groups is 1. The Hall–Kier alpha value is -3.02. The molecule has 6 heteroatoms. The van der Waals surface area contributed by atoms with E-state index >= 15 is 0 Å². The predicted octanol–water partition coefficient (Wildman–Crippen LogP) is 2.83. The van der Waals surface area contributed by atoms with Crippen LogP contribution in [0.4, 0.5) is 0 Å². The first kappa shape index (κ1) is 13.3. The fraction of sp³-hybridized carbons (Fsp3) is 0.263. The van der Waals surface area contributed by atoms with Gasteiger partial charge in [-0.2, -0.15) is 0 Å². The van der Waals surface area contributed by atoms with Crippen molar-refractivity contribution in [3.05, 3.63) is 53.0 Å². The normalized spacial score (nSPS) is 28.8. The molecular formula is C19H14N4O2. The third-order valence-electron chi connectivity index (χ3n) is 5.79. The Morgan fingerprint density at radius 1 is 1.28 bits per heavy atom. The van der Waals surface area contributed by atoms with Crippen molar-refractivity contribution >= 4 is 29.1 Å². The van der Waals surface area contributed by atoms with E-state index in [0.717, 1.165) is 46.1 Å². The summed E-state index contributed by atoms with van der Waals surface area (Å²) in [4.78, 5) is 26.0. The summed E-state index contributed by atoms with van der Waals surface area (Å²) < 4.78 is 1.98. The van der Waals surface area contributed by atoms with Gasteiger partial charge in [-0.15, -0.1) is 0 Å². The number of hydrogen-bond acceptors (Lipinski definition) is 5. The molecule has 1 N–H and O–H groups in total. The van der Waals surface area contributed by atoms with Gasteiger partial charge in [-0.05, 0) is 18.1 Å². The van der Waals surface area contributed by atoms with Crippen LogP contribution < -0.4 is 0 Å². The Balaban J connectivity index is 1.82. The number of nitrogens with zero attached hydrogens (tertiary/aromatic N) is 4. The lowest BCUT2D eigenvalue weighted by Gasteiger charge is -2.47. The van der Waals surface area contributed by atoms with Gasteiger partial charge in [0, 0.05) is 31.7 Å². The number of rotatable bonds is 0. The first-order valence-corrected chi connectivity index (χ1v) is 8.44. The Morgan fingerprint density at radius 2 is 2.20 bits per heavy atom. The zero-order valence-corrected chi connectivity index (χ0v) is 13.4. The maximum atomic E-state index is 12.6. The number of aliphatic hydroxyl groups is 1. The highest BCUT2D eigenvalue weighted by molar-refractivity contribution is 6.20. The maximum Gasteiger partial charge on any atom is 0.148 e. The van der Waals surface area contributed by atoms with E-state index in [4.69, 9.17) is 0 Å². The molecule has 0 radical (unpaired) electrons. The minimum Gasteiger partial charge on any atom is -0.512 e. The summed E-state index contributed by atoms with van der Waals surface area (Å²) in [6, 6.07) is 0. The lowest BCUT2D eigenvalue weighted by molar-refractivity contribution is -0.119. The molecule has 122 valence electrons. The summed E-state index contributed by atoms with van der Waals surface area (Å²) >= 11 is 0. The van der Waals surface area contributed by atoms with Gasteiger partial charge in [-0.25, -0.2) is 15.0 Å². The summed E-state index contributed by atoms with van der Waals surface area (Å²) in [5.74, 6) is 1.33. The summed E-state index contributed by atoms with van der Waals surface area (Å²) in [7, 11) is 0. The number of fused-ring (bicyclic) bond motifs is 4. The topological polar surface area (TPSA) is 79.8 Å². The van der Waals surface area contributed by atoms with Gasteiger partial charge in [0.2, 0.25) is 0 Å².